The molecule has 376 valence electrons. The predicted octanol–water partition coefficient (Wildman–Crippen LogP) is 9.28. The minimum atomic E-state index is -1.38. The van der Waals surface area contributed by atoms with Crippen LogP contribution in [-0.2, 0) is 79.3 Å². The highest BCUT2D eigenvalue weighted by molar-refractivity contribution is 5.93. The molecule has 7 aromatic carbocycles. The average Bonchev–Trinajstić information content (AvgIpc) is 3.44. The van der Waals surface area contributed by atoms with Gasteiger partial charge in [-0.15, -0.1) is 0 Å². The molecule has 0 saturated carbocycles. The molecule has 7 aromatic rings. The molecule has 0 fully saturated rings. The van der Waals surface area contributed by atoms with Gasteiger partial charge in [-0.3, -0.25) is 9.59 Å². The predicted molar refractivity (Wildman–Crippen MR) is 277 cm³/mol. The number of nitrogens with zero attached hydrogens (tertiary/aromatic N) is 1. The van der Waals surface area contributed by atoms with E-state index >= 15 is 0 Å². The second kappa shape index (κ2) is 26.6. The molecule has 0 aromatic heterocycles. The summed E-state index contributed by atoms with van der Waals surface area (Å²) in [6.07, 6.45) is -0.771. The number of carbonyl (C=O) groups excluding carboxylic acids is 5. The number of benzene rings is 7. The Labute approximate surface area is 429 Å². The quantitative estimate of drug-likeness (QED) is 0.0402. The number of hydrogen-bond donors (Lipinski definition) is 3. The van der Waals surface area contributed by atoms with E-state index in [2.05, 4.69) is 20.9 Å². The zero-order valence-corrected chi connectivity index (χ0v) is 40.6. The van der Waals surface area contributed by atoms with Crippen molar-refractivity contribution in [3.05, 3.63) is 227 Å². The second-order valence-corrected chi connectivity index (χ2v) is 17.6. The zero-order chi connectivity index (χ0) is 51.3. The number of rotatable bonds is 19. The largest absolute Gasteiger partial charge is 0.489 e. The minimum Gasteiger partial charge on any atom is -0.489 e. The number of hydrogen-bond acceptors (Lipinski definition) is 11. The summed E-state index contributed by atoms with van der Waals surface area (Å²) in [7, 11) is 0. The number of carbonyl (C=O) groups is 4. The van der Waals surface area contributed by atoms with E-state index < -0.39 is 48.2 Å². The summed E-state index contributed by atoms with van der Waals surface area (Å²) in [4.78, 5) is 73.6. The normalized spacial score (nSPS) is 15.8. The maximum Gasteiger partial charge on any atom is 0.408 e. The molecule has 1 unspecified atom stereocenters. The van der Waals surface area contributed by atoms with Crippen LogP contribution in [0.3, 0.4) is 0 Å². The van der Waals surface area contributed by atoms with Gasteiger partial charge in [0.2, 0.25) is 17.9 Å². The molecule has 8 rings (SSSR count). The summed E-state index contributed by atoms with van der Waals surface area (Å²) in [5, 5.41) is 8.51. The first-order valence-electron chi connectivity index (χ1n) is 24.4. The summed E-state index contributed by atoms with van der Waals surface area (Å²) in [5.74, 6) is -1.34. The maximum atomic E-state index is 14.9. The van der Waals surface area contributed by atoms with Crippen molar-refractivity contribution in [3.63, 3.8) is 0 Å². The summed E-state index contributed by atoms with van der Waals surface area (Å²) in [6, 6.07) is 53.9. The van der Waals surface area contributed by atoms with Crippen molar-refractivity contribution in [2.45, 2.75) is 83.1 Å². The average molecular weight is 993 g/mol. The van der Waals surface area contributed by atoms with Crippen LogP contribution in [0.2, 0.25) is 0 Å². The first-order chi connectivity index (χ1) is 36.3. The van der Waals surface area contributed by atoms with E-state index in [0.29, 0.717) is 22.6 Å². The Morgan fingerprint density at radius 2 is 1.01 bits per heavy atom. The SMILES string of the molecule is O=C=NC(CC[C@@H]1NC(=O)[C@@H](NC(=O)OCc2ccccc2)Cc2cc(ccc2OCc2ccccc2)-c2ccc(OCc3ccccc3)c(c2)C[C@@H](C(=O)OCc2ccccc2)NC1=O)OCc1ccccc1. The Kier molecular flexibility index (Phi) is 18.5. The smallest absolute Gasteiger partial charge is 0.408 e. The van der Waals surface area contributed by atoms with E-state index in [0.717, 1.165) is 38.9 Å². The zero-order valence-electron chi connectivity index (χ0n) is 40.6. The fourth-order valence-electron chi connectivity index (χ4n) is 8.30. The lowest BCUT2D eigenvalue weighted by atomic mass is 9.95. The Hall–Kier alpha value is -8.84. The summed E-state index contributed by atoms with van der Waals surface area (Å²) in [5.41, 5.74) is 6.69. The number of alkyl carbamates (subject to hydrolysis) is 1. The van der Waals surface area contributed by atoms with Crippen molar-refractivity contribution in [1.82, 2.24) is 16.0 Å². The Morgan fingerprint density at radius 1 is 0.554 bits per heavy atom. The molecule has 0 aliphatic carbocycles. The Morgan fingerprint density at radius 3 is 1.51 bits per heavy atom. The molecule has 1 aliphatic rings. The third kappa shape index (κ3) is 15.3. The van der Waals surface area contributed by atoms with Gasteiger partial charge in [0.1, 0.15) is 56.1 Å². The number of fused-ring (bicyclic) bond motifs is 5. The number of aliphatic imine (C=N–C) groups is 1. The lowest BCUT2D eigenvalue weighted by Crippen LogP contribution is -2.56. The van der Waals surface area contributed by atoms with Crippen molar-refractivity contribution < 1.29 is 47.7 Å². The highest BCUT2D eigenvalue weighted by Crippen LogP contribution is 2.33. The topological polar surface area (TPSA) is 180 Å². The van der Waals surface area contributed by atoms with Crippen LogP contribution in [0.25, 0.3) is 11.1 Å². The molecule has 4 atom stereocenters. The molecule has 1 heterocycles. The Bertz CT molecular complexity index is 2990. The fraction of sp³-hybridized carbons (Fsp3) is 0.217. The van der Waals surface area contributed by atoms with E-state index in [-0.39, 0.29) is 58.7 Å². The number of isocyanates is 1. The molecule has 1 aliphatic heterocycles. The number of nitrogens with one attached hydrogen (secondary N) is 3. The lowest BCUT2D eigenvalue weighted by Gasteiger charge is -2.26. The van der Waals surface area contributed by atoms with Gasteiger partial charge in [0.25, 0.3) is 0 Å². The van der Waals surface area contributed by atoms with Gasteiger partial charge in [0.05, 0.1) is 6.61 Å². The third-order valence-corrected chi connectivity index (χ3v) is 12.2. The van der Waals surface area contributed by atoms with Gasteiger partial charge in [-0.05, 0) is 87.2 Å². The van der Waals surface area contributed by atoms with Crippen LogP contribution >= 0.6 is 0 Å². The number of esters is 1. The maximum absolute atomic E-state index is 14.9. The molecule has 14 nitrogen and oxygen atoms in total. The molecule has 74 heavy (non-hydrogen) atoms. The van der Waals surface area contributed by atoms with Gasteiger partial charge in [-0.25, -0.2) is 14.4 Å². The molecule has 0 saturated heterocycles. The number of amides is 3. The van der Waals surface area contributed by atoms with E-state index in [4.69, 9.17) is 23.7 Å². The molecular formula is C60H56N4O10. The van der Waals surface area contributed by atoms with Crippen molar-refractivity contribution in [1.29, 1.82) is 0 Å². The van der Waals surface area contributed by atoms with Crippen LogP contribution in [0.1, 0.15) is 51.8 Å². The van der Waals surface area contributed by atoms with Crippen LogP contribution in [-0.4, -0.2) is 54.3 Å². The first-order valence-corrected chi connectivity index (χ1v) is 24.4. The van der Waals surface area contributed by atoms with Gasteiger partial charge in [-0.2, -0.15) is 4.99 Å². The highest BCUT2D eigenvalue weighted by Gasteiger charge is 2.33. The lowest BCUT2D eigenvalue weighted by molar-refractivity contribution is -0.149. The Balaban J connectivity index is 1.19. The van der Waals surface area contributed by atoms with Crippen LogP contribution in [0, 0.1) is 0 Å². The third-order valence-electron chi connectivity index (χ3n) is 12.2. The molecule has 0 spiro atoms. The van der Waals surface area contributed by atoms with E-state index in [1.165, 1.54) is 0 Å². The van der Waals surface area contributed by atoms with Crippen molar-refractivity contribution >= 4 is 30.0 Å². The van der Waals surface area contributed by atoms with E-state index in [1.807, 2.05) is 176 Å². The van der Waals surface area contributed by atoms with Gasteiger partial charge in [-0.1, -0.05) is 164 Å². The highest BCUT2D eigenvalue weighted by atomic mass is 16.5. The fourth-order valence-corrected chi connectivity index (χ4v) is 8.30. The van der Waals surface area contributed by atoms with Gasteiger partial charge < -0.3 is 39.6 Å². The molecule has 4 bridgehead atoms. The van der Waals surface area contributed by atoms with Crippen LogP contribution in [0.5, 0.6) is 11.5 Å². The van der Waals surface area contributed by atoms with E-state index in [1.54, 1.807) is 18.2 Å². The number of ether oxygens (including phenoxy) is 5. The van der Waals surface area contributed by atoms with Crippen LogP contribution in [0.4, 0.5) is 4.79 Å². The molecule has 0 radical (unpaired) electrons. The molecule has 3 amide bonds. The van der Waals surface area contributed by atoms with Gasteiger partial charge >= 0.3 is 12.1 Å². The second-order valence-electron chi connectivity index (χ2n) is 17.6. The molecule has 14 heteroatoms. The molecular weight excluding hydrogens is 937 g/mol. The minimum absolute atomic E-state index is 0.0419. The summed E-state index contributed by atoms with van der Waals surface area (Å²) >= 11 is 0. The van der Waals surface area contributed by atoms with Crippen molar-refractivity contribution in [2.24, 2.45) is 4.99 Å². The first kappa shape index (κ1) is 51.5. The van der Waals surface area contributed by atoms with Crippen molar-refractivity contribution in [2.75, 3.05) is 0 Å². The van der Waals surface area contributed by atoms with Crippen LogP contribution in [0.15, 0.2) is 193 Å². The molecule has 3 N–H and O–H groups in total. The standard InChI is InChI=1S/C60H56N4O10/c65-41-61-56(72-38-44-20-10-3-11-21-44)31-28-51-57(66)63-53(59(68)73-39-45-22-12-4-13-23-45)35-50-33-48(27-30-55(50)71-37-43-18-8-2-9-19-43)47-26-29-54(70-36-42-16-6-1-7-17-42)49(32-47)34-52(58(67)62-51)64-60(69)74-40-46-24-14-5-15-25-46/h1-27,29-30,32-33,51-53,56H,28,31,34-40H2,(H,62,67)(H,63,66)(H,64,69)/t51-,52-,53-,56?/m0/s1. The summed E-state index contributed by atoms with van der Waals surface area (Å²) in [6.45, 7) is 0.350. The van der Waals surface area contributed by atoms with Crippen LogP contribution < -0.4 is 25.4 Å². The monoisotopic (exact) mass is 992 g/mol. The van der Waals surface area contributed by atoms with Gasteiger partial charge in [0, 0.05) is 12.8 Å². The summed E-state index contributed by atoms with van der Waals surface area (Å²) < 4.78 is 30.4. The van der Waals surface area contributed by atoms with E-state index in [9.17, 15) is 24.0 Å². The van der Waals surface area contributed by atoms with Gasteiger partial charge in [0.15, 0.2) is 6.23 Å². The van der Waals surface area contributed by atoms with Crippen molar-refractivity contribution in [3.8, 4) is 22.6 Å².